The molecule has 2 fully saturated rings. The van der Waals surface area contributed by atoms with Crippen LogP contribution in [-0.4, -0.2) is 6.71 Å². The van der Waals surface area contributed by atoms with Gasteiger partial charge in [0.2, 0.25) is 0 Å². The molecular weight excluding hydrogens is 617 g/mol. The van der Waals surface area contributed by atoms with Crippen LogP contribution in [0.1, 0.15) is 147 Å². The van der Waals surface area contributed by atoms with Crippen molar-refractivity contribution in [2.24, 2.45) is 0 Å². The van der Waals surface area contributed by atoms with E-state index in [1.54, 1.807) is 11.1 Å². The number of para-hydroxylation sites is 1. The number of anilines is 3. The number of rotatable bonds is 1. The number of furan rings is 1. The summed E-state index contributed by atoms with van der Waals surface area (Å²) in [6, 6.07) is 26.9. The summed E-state index contributed by atoms with van der Waals surface area (Å²) in [4.78, 5) is 2.67. The fourth-order valence-electron chi connectivity index (χ4n) is 10.7. The molecule has 5 aromatic rings. The van der Waals surface area contributed by atoms with Crippen molar-refractivity contribution in [3.63, 3.8) is 0 Å². The fourth-order valence-corrected chi connectivity index (χ4v) is 10.7. The maximum atomic E-state index is 7.38. The van der Waals surface area contributed by atoms with Crippen molar-refractivity contribution < 1.29 is 4.42 Å². The Morgan fingerprint density at radius 1 is 0.647 bits per heavy atom. The first-order chi connectivity index (χ1) is 23.8. The van der Waals surface area contributed by atoms with Gasteiger partial charge < -0.3 is 9.32 Å². The zero-order valence-corrected chi connectivity index (χ0v) is 32.8. The Hall–Kier alpha value is -3.72. The quantitative estimate of drug-likeness (QED) is 0.162. The van der Waals surface area contributed by atoms with Crippen molar-refractivity contribution in [2.75, 3.05) is 4.90 Å². The molecule has 3 heteroatoms. The third kappa shape index (κ3) is 4.24. The third-order valence-electron chi connectivity index (χ3n) is 13.9. The van der Waals surface area contributed by atoms with Gasteiger partial charge in [0.15, 0.2) is 0 Å². The smallest absolute Gasteiger partial charge is 0.292 e. The summed E-state index contributed by atoms with van der Waals surface area (Å²) >= 11 is 0. The highest BCUT2D eigenvalue weighted by Gasteiger charge is 2.63. The molecule has 0 unspecified atom stereocenters. The zero-order chi connectivity index (χ0) is 35.8. The minimum absolute atomic E-state index is 0.0238. The number of hydrogen-bond acceptors (Lipinski definition) is 2. The van der Waals surface area contributed by atoms with E-state index in [9.17, 15) is 0 Å². The third-order valence-corrected chi connectivity index (χ3v) is 13.9. The Morgan fingerprint density at radius 3 is 1.84 bits per heavy atom. The number of nitrogens with zero attached hydrogens (tertiary/aromatic N) is 1. The standard InChI is InChI=1S/C48H54BNO/c1-43(2,3)28-22-29(44(4,5)6)24-30(23-28)50-37-17-13-15-32-40(37)49(36-25-34-35(26-38(36)50)48(20-21-48)27-47(34)18-19-47)42-39(46(32,10)11)31-14-12-16-33(41(31)51-42)45(7,8)9/h12-17,22-26H,18-21,27H2,1-11H3. The highest BCUT2D eigenvalue weighted by molar-refractivity contribution is 6.98. The molecule has 0 atom stereocenters. The van der Waals surface area contributed by atoms with Crippen LogP contribution in [0.5, 0.6) is 0 Å². The van der Waals surface area contributed by atoms with Crippen LogP contribution in [0.15, 0.2) is 71.1 Å². The Bertz CT molecular complexity index is 2310. The second-order valence-electron chi connectivity index (χ2n) is 20.9. The molecule has 3 heterocycles. The van der Waals surface area contributed by atoms with Crippen LogP contribution in [-0.2, 0) is 32.5 Å². The normalized spacial score (nSPS) is 20.1. The second kappa shape index (κ2) is 9.44. The molecule has 0 N–H and O–H groups in total. The fraction of sp³-hybridized carbons (Fsp3) is 0.458. The molecule has 0 radical (unpaired) electrons. The zero-order valence-electron chi connectivity index (χ0n) is 32.8. The van der Waals surface area contributed by atoms with Gasteiger partial charge in [-0.2, -0.15) is 0 Å². The minimum Gasteiger partial charge on any atom is -0.470 e. The SMILES string of the molecule is CC(C)(C)c1cc(N2c3cc4c(cc3B3c5oc6c(C(C)(C)C)cccc6c5C(C)(C)c5cccc2c53)C2(CC2)CC42CC2)cc(C(C)(C)C)c1. The van der Waals surface area contributed by atoms with E-state index in [0.717, 1.165) is 11.2 Å². The molecular formula is C48H54BNO. The van der Waals surface area contributed by atoms with Gasteiger partial charge in [-0.1, -0.05) is 119 Å². The first-order valence-electron chi connectivity index (χ1n) is 19.7. The van der Waals surface area contributed by atoms with Crippen LogP contribution in [0.3, 0.4) is 0 Å². The van der Waals surface area contributed by atoms with E-state index in [1.807, 2.05) is 0 Å². The second-order valence-corrected chi connectivity index (χ2v) is 20.9. The number of fused-ring (bicyclic) bond motifs is 9. The molecule has 2 nitrogen and oxygen atoms in total. The topological polar surface area (TPSA) is 16.4 Å². The van der Waals surface area contributed by atoms with E-state index in [1.165, 1.54) is 93.3 Å². The molecule has 0 amide bonds. The Morgan fingerprint density at radius 2 is 1.25 bits per heavy atom. The minimum atomic E-state index is -0.224. The van der Waals surface area contributed by atoms with Crippen LogP contribution in [0.25, 0.3) is 11.0 Å². The van der Waals surface area contributed by atoms with Crippen LogP contribution in [0, 0.1) is 0 Å². The van der Waals surface area contributed by atoms with Gasteiger partial charge in [0.25, 0.3) is 6.71 Å². The van der Waals surface area contributed by atoms with Crippen molar-refractivity contribution in [1.82, 2.24) is 0 Å². The van der Waals surface area contributed by atoms with Crippen molar-refractivity contribution in [2.45, 2.75) is 141 Å². The lowest BCUT2D eigenvalue weighted by molar-refractivity contribution is 0.564. The summed E-state index contributed by atoms with van der Waals surface area (Å²) in [7, 11) is 0. The van der Waals surface area contributed by atoms with Gasteiger partial charge in [0, 0.05) is 39.0 Å². The van der Waals surface area contributed by atoms with E-state index >= 15 is 0 Å². The Kier molecular flexibility index (Phi) is 5.92. The van der Waals surface area contributed by atoms with Gasteiger partial charge in [-0.05, 0) is 122 Å². The molecule has 1 aromatic heterocycles. The van der Waals surface area contributed by atoms with Gasteiger partial charge in [-0.3, -0.25) is 0 Å². The molecule has 3 aliphatic carbocycles. The number of benzene rings is 4. The molecule has 2 saturated carbocycles. The lowest BCUT2D eigenvalue weighted by Gasteiger charge is -2.44. The van der Waals surface area contributed by atoms with Crippen molar-refractivity contribution >= 4 is 51.3 Å². The molecule has 5 aliphatic rings. The van der Waals surface area contributed by atoms with E-state index in [4.69, 9.17) is 4.42 Å². The van der Waals surface area contributed by atoms with E-state index in [-0.39, 0.29) is 28.4 Å². The highest BCUT2D eigenvalue weighted by Crippen LogP contribution is 2.70. The summed E-state index contributed by atoms with van der Waals surface area (Å²) in [6.07, 6.45) is 6.73. The van der Waals surface area contributed by atoms with Gasteiger partial charge in [0.05, 0.1) is 5.66 Å². The highest BCUT2D eigenvalue weighted by atomic mass is 16.3. The summed E-state index contributed by atoms with van der Waals surface area (Å²) in [5, 5.41) is 1.28. The van der Waals surface area contributed by atoms with Gasteiger partial charge in [-0.15, -0.1) is 0 Å². The molecule has 260 valence electrons. The summed E-state index contributed by atoms with van der Waals surface area (Å²) in [6.45, 7) is 26.0. The van der Waals surface area contributed by atoms with Crippen LogP contribution >= 0.6 is 0 Å². The summed E-state index contributed by atoms with van der Waals surface area (Å²) < 4.78 is 7.38. The number of hydrogen-bond donors (Lipinski definition) is 0. The molecule has 4 aromatic carbocycles. The van der Waals surface area contributed by atoms with E-state index in [2.05, 4.69) is 148 Å². The predicted molar refractivity (Wildman–Crippen MR) is 217 cm³/mol. The van der Waals surface area contributed by atoms with Crippen molar-refractivity contribution in [1.29, 1.82) is 0 Å². The molecule has 0 saturated heterocycles. The average molecular weight is 672 g/mol. The Balaban J connectivity index is 1.32. The van der Waals surface area contributed by atoms with Gasteiger partial charge in [0.1, 0.15) is 5.58 Å². The lowest BCUT2D eigenvalue weighted by Crippen LogP contribution is -2.63. The predicted octanol–water partition coefficient (Wildman–Crippen LogP) is 10.7. The van der Waals surface area contributed by atoms with Crippen molar-refractivity contribution in [3.05, 3.63) is 106 Å². The van der Waals surface area contributed by atoms with E-state index < -0.39 is 0 Å². The first-order valence-corrected chi connectivity index (χ1v) is 19.7. The monoisotopic (exact) mass is 671 g/mol. The van der Waals surface area contributed by atoms with Crippen LogP contribution in [0.2, 0.25) is 0 Å². The largest absolute Gasteiger partial charge is 0.470 e. The molecule has 0 bridgehead atoms. The van der Waals surface area contributed by atoms with E-state index in [0.29, 0.717) is 10.8 Å². The van der Waals surface area contributed by atoms with Crippen LogP contribution in [0.4, 0.5) is 17.1 Å². The maximum absolute atomic E-state index is 7.38. The lowest BCUT2D eigenvalue weighted by atomic mass is 9.32. The molecule has 51 heavy (non-hydrogen) atoms. The average Bonchev–Trinajstić information content (AvgIpc) is 3.95. The Labute approximate surface area is 306 Å². The summed E-state index contributed by atoms with van der Waals surface area (Å²) in [5.41, 5.74) is 19.9. The van der Waals surface area contributed by atoms with Crippen LogP contribution < -0.4 is 21.5 Å². The molecule has 2 aliphatic heterocycles. The first kappa shape index (κ1) is 32.0. The van der Waals surface area contributed by atoms with Gasteiger partial charge in [-0.25, -0.2) is 0 Å². The van der Waals surface area contributed by atoms with Crippen molar-refractivity contribution in [3.8, 4) is 0 Å². The summed E-state index contributed by atoms with van der Waals surface area (Å²) in [5.74, 6) is 0. The molecule has 10 rings (SSSR count). The van der Waals surface area contributed by atoms with Gasteiger partial charge >= 0.3 is 0 Å². The molecule has 2 spiro atoms. The maximum Gasteiger partial charge on any atom is 0.292 e.